The second kappa shape index (κ2) is 9.91. The number of aliphatic hydroxyl groups excluding tert-OH is 3. The van der Waals surface area contributed by atoms with Crippen LogP contribution in [-0.4, -0.2) is 66.3 Å². The lowest BCUT2D eigenvalue weighted by atomic mass is 9.96. The zero-order valence-corrected chi connectivity index (χ0v) is 14.1. The number of hydrogen-bond acceptors (Lipinski definition) is 6. The van der Waals surface area contributed by atoms with Crippen LogP contribution in [0.3, 0.4) is 0 Å². The Bertz CT molecular complexity index is 314. The lowest BCUT2D eigenvalue weighted by Crippen LogP contribution is -2.60. The Kier molecular flexibility index (Phi) is 8.23. The first-order chi connectivity index (χ1) is 11.2. The van der Waals surface area contributed by atoms with Crippen LogP contribution < -0.4 is 0 Å². The summed E-state index contributed by atoms with van der Waals surface area (Å²) in [5.74, 6) is 0.469. The number of hydrogen-bond donors (Lipinski definition) is 3. The third-order valence-corrected chi connectivity index (χ3v) is 5.05. The smallest absolute Gasteiger partial charge is 0.186 e. The molecule has 3 N–H and O–H groups in total. The van der Waals surface area contributed by atoms with Gasteiger partial charge in [0.1, 0.15) is 24.4 Å². The van der Waals surface area contributed by atoms with Crippen molar-refractivity contribution in [2.24, 2.45) is 5.92 Å². The van der Waals surface area contributed by atoms with Crippen molar-refractivity contribution < 1.29 is 29.5 Å². The largest absolute Gasteiger partial charge is 0.394 e. The van der Waals surface area contributed by atoms with Crippen molar-refractivity contribution in [3.05, 3.63) is 0 Å². The van der Waals surface area contributed by atoms with Crippen molar-refractivity contribution in [3.63, 3.8) is 0 Å². The monoisotopic (exact) mass is 332 g/mol. The summed E-state index contributed by atoms with van der Waals surface area (Å²) in [4.78, 5) is 0. The molecule has 23 heavy (non-hydrogen) atoms. The van der Waals surface area contributed by atoms with Gasteiger partial charge in [-0.25, -0.2) is 0 Å². The van der Waals surface area contributed by atoms with Gasteiger partial charge in [-0.1, -0.05) is 38.5 Å². The topological polar surface area (TPSA) is 88.4 Å². The average molecular weight is 332 g/mol. The molecule has 1 aliphatic carbocycles. The lowest BCUT2D eigenvalue weighted by molar-refractivity contribution is -0.302. The molecule has 5 unspecified atom stereocenters. The molecule has 1 aliphatic heterocycles. The highest BCUT2D eigenvalue weighted by atomic mass is 16.7. The van der Waals surface area contributed by atoms with Crippen molar-refractivity contribution >= 4 is 0 Å². The molecule has 0 aromatic carbocycles. The van der Waals surface area contributed by atoms with E-state index < -0.39 is 30.7 Å². The van der Waals surface area contributed by atoms with Crippen LogP contribution in [0.25, 0.3) is 0 Å². The van der Waals surface area contributed by atoms with Gasteiger partial charge >= 0.3 is 0 Å². The van der Waals surface area contributed by atoms with Crippen LogP contribution in [0.1, 0.15) is 51.4 Å². The van der Waals surface area contributed by atoms with Crippen LogP contribution >= 0.6 is 0 Å². The molecule has 0 radical (unpaired) electrons. The van der Waals surface area contributed by atoms with Gasteiger partial charge in [-0.15, -0.1) is 0 Å². The number of rotatable bonds is 5. The molecule has 2 aliphatic rings. The van der Waals surface area contributed by atoms with Crippen LogP contribution in [0.5, 0.6) is 0 Å². The molecule has 1 saturated heterocycles. The molecule has 1 heterocycles. The quantitative estimate of drug-likeness (QED) is 0.701. The third kappa shape index (κ3) is 5.37. The van der Waals surface area contributed by atoms with E-state index in [0.29, 0.717) is 12.5 Å². The van der Waals surface area contributed by atoms with E-state index >= 15 is 0 Å². The first-order valence-corrected chi connectivity index (χ1v) is 8.94. The van der Waals surface area contributed by atoms with E-state index in [1.807, 2.05) is 0 Å². The maximum Gasteiger partial charge on any atom is 0.186 e. The van der Waals surface area contributed by atoms with E-state index in [-0.39, 0.29) is 6.61 Å². The van der Waals surface area contributed by atoms with E-state index in [9.17, 15) is 15.3 Å². The summed E-state index contributed by atoms with van der Waals surface area (Å²) in [6.45, 7) is 0.255. The maximum absolute atomic E-state index is 10.3. The van der Waals surface area contributed by atoms with E-state index in [2.05, 4.69) is 0 Å². The summed E-state index contributed by atoms with van der Waals surface area (Å²) in [6.07, 6.45) is 5.25. The molecule has 6 nitrogen and oxygen atoms in total. The highest BCUT2D eigenvalue weighted by molar-refractivity contribution is 4.90. The van der Waals surface area contributed by atoms with E-state index in [4.69, 9.17) is 14.2 Å². The molecule has 1 saturated carbocycles. The van der Waals surface area contributed by atoms with E-state index in [1.54, 1.807) is 0 Å². The molecule has 0 spiro atoms. The molecule has 2 rings (SSSR count). The number of methoxy groups -OCH3 is 1. The molecular weight excluding hydrogens is 300 g/mol. The standard InChI is InChI=1S/C17H32O6/c1-21-17-15(20)14(19)16(13(10-18)23-17)22-11-12-8-6-4-2-3-5-7-9-12/h12-20H,2-11H2,1H3. The van der Waals surface area contributed by atoms with Gasteiger partial charge in [0.25, 0.3) is 0 Å². The van der Waals surface area contributed by atoms with E-state index in [0.717, 1.165) is 12.8 Å². The predicted octanol–water partition coefficient (Wildman–Crippen LogP) is 1.21. The van der Waals surface area contributed by atoms with Crippen LogP contribution in [0, 0.1) is 5.92 Å². The average Bonchev–Trinajstić information content (AvgIpc) is 2.70. The van der Waals surface area contributed by atoms with Gasteiger partial charge in [0.05, 0.1) is 13.2 Å². The molecule has 6 heteroatoms. The van der Waals surface area contributed by atoms with Crippen molar-refractivity contribution in [1.29, 1.82) is 0 Å². The highest BCUT2D eigenvalue weighted by Gasteiger charge is 2.45. The zero-order valence-electron chi connectivity index (χ0n) is 14.1. The molecule has 0 bridgehead atoms. The van der Waals surface area contributed by atoms with Crippen molar-refractivity contribution in [1.82, 2.24) is 0 Å². The summed E-state index contributed by atoms with van der Waals surface area (Å²) in [7, 11) is 1.40. The number of aliphatic hydroxyl groups is 3. The Hall–Kier alpha value is -0.240. The Morgan fingerprint density at radius 3 is 2.13 bits per heavy atom. The van der Waals surface area contributed by atoms with E-state index in [1.165, 1.54) is 45.6 Å². The summed E-state index contributed by atoms with van der Waals surface area (Å²) in [5.41, 5.74) is 0. The third-order valence-electron chi connectivity index (χ3n) is 5.05. The molecular formula is C17H32O6. The molecule has 2 fully saturated rings. The molecule has 0 amide bonds. The Morgan fingerprint density at radius 1 is 0.957 bits per heavy atom. The highest BCUT2D eigenvalue weighted by Crippen LogP contribution is 2.27. The zero-order chi connectivity index (χ0) is 16.7. The second-order valence-corrected chi connectivity index (χ2v) is 6.81. The minimum absolute atomic E-state index is 0.279. The summed E-state index contributed by atoms with van der Waals surface area (Å²) in [5, 5.41) is 29.8. The normalized spacial score (nSPS) is 37.8. The summed E-state index contributed by atoms with van der Waals surface area (Å²) >= 11 is 0. The lowest BCUT2D eigenvalue weighted by Gasteiger charge is -2.41. The SMILES string of the molecule is COC1OC(CO)C(OCC2CCCCCCCC2)C(O)C1O. The summed E-state index contributed by atoms with van der Waals surface area (Å²) < 4.78 is 16.4. The van der Waals surface area contributed by atoms with Gasteiger partial charge in [-0.2, -0.15) is 0 Å². The van der Waals surface area contributed by atoms with Gasteiger partial charge in [0.15, 0.2) is 6.29 Å². The number of ether oxygens (including phenoxy) is 3. The fraction of sp³-hybridized carbons (Fsp3) is 1.00. The van der Waals surface area contributed by atoms with Crippen molar-refractivity contribution in [2.45, 2.75) is 82.1 Å². The Morgan fingerprint density at radius 2 is 1.57 bits per heavy atom. The second-order valence-electron chi connectivity index (χ2n) is 6.81. The fourth-order valence-corrected chi connectivity index (χ4v) is 3.58. The van der Waals surface area contributed by atoms with Crippen LogP contribution in [0.15, 0.2) is 0 Å². The van der Waals surface area contributed by atoms with Crippen molar-refractivity contribution in [3.8, 4) is 0 Å². The molecule has 136 valence electrons. The van der Waals surface area contributed by atoms with Gasteiger partial charge in [0, 0.05) is 7.11 Å². The Labute approximate surface area is 138 Å². The van der Waals surface area contributed by atoms with Gasteiger partial charge < -0.3 is 29.5 Å². The summed E-state index contributed by atoms with van der Waals surface area (Å²) in [6, 6.07) is 0. The molecule has 5 atom stereocenters. The Balaban J connectivity index is 1.88. The van der Waals surface area contributed by atoms with Gasteiger partial charge in [-0.3, -0.25) is 0 Å². The maximum atomic E-state index is 10.3. The minimum Gasteiger partial charge on any atom is -0.394 e. The first-order valence-electron chi connectivity index (χ1n) is 8.94. The molecule has 0 aromatic heterocycles. The van der Waals surface area contributed by atoms with Crippen LogP contribution in [0.2, 0.25) is 0 Å². The fourth-order valence-electron chi connectivity index (χ4n) is 3.58. The first kappa shape index (κ1) is 19.1. The van der Waals surface area contributed by atoms with Crippen LogP contribution in [-0.2, 0) is 14.2 Å². The van der Waals surface area contributed by atoms with Crippen molar-refractivity contribution in [2.75, 3.05) is 20.3 Å². The van der Waals surface area contributed by atoms with Gasteiger partial charge in [-0.05, 0) is 18.8 Å². The molecule has 0 aromatic rings. The predicted molar refractivity (Wildman–Crippen MR) is 84.9 cm³/mol. The minimum atomic E-state index is -1.17. The van der Waals surface area contributed by atoms with Crippen LogP contribution in [0.4, 0.5) is 0 Å². The van der Waals surface area contributed by atoms with Gasteiger partial charge in [0.2, 0.25) is 0 Å².